The van der Waals surface area contributed by atoms with Crippen LogP contribution in [0.5, 0.6) is 0 Å². The molecule has 1 aliphatic carbocycles. The van der Waals surface area contributed by atoms with E-state index in [2.05, 4.69) is 22.4 Å². The first-order valence-corrected chi connectivity index (χ1v) is 11.7. The van der Waals surface area contributed by atoms with Gasteiger partial charge in [-0.05, 0) is 50.3 Å². The number of imidazole rings is 1. The Labute approximate surface area is 188 Å². The standard InChI is InChI=1S/C26H30N4O2/c1-26(25(32)27-20-13-5-6-14-20)18-29-22-16-8-7-15-21(22)28-23(29)24(31)30(26)17-9-12-19-10-3-2-4-11-19/h2-4,7-8,10-11,15-16,20H,5-6,9,12-14,17-18H2,1H3,(H,27,32)/t26-/m0/s1. The van der Waals surface area contributed by atoms with Gasteiger partial charge in [0.1, 0.15) is 5.54 Å². The summed E-state index contributed by atoms with van der Waals surface area (Å²) in [5.41, 5.74) is 1.98. The number of aryl methyl sites for hydroxylation is 1. The summed E-state index contributed by atoms with van der Waals surface area (Å²) in [6.07, 6.45) is 5.99. The summed E-state index contributed by atoms with van der Waals surface area (Å²) in [6.45, 7) is 2.85. The van der Waals surface area contributed by atoms with Crippen molar-refractivity contribution in [3.63, 3.8) is 0 Å². The topological polar surface area (TPSA) is 67.2 Å². The fourth-order valence-corrected chi connectivity index (χ4v) is 5.18. The lowest BCUT2D eigenvalue weighted by molar-refractivity contribution is -0.133. The second-order valence-electron chi connectivity index (χ2n) is 9.28. The van der Waals surface area contributed by atoms with Crippen molar-refractivity contribution in [2.45, 2.75) is 63.6 Å². The van der Waals surface area contributed by atoms with Crippen molar-refractivity contribution in [3.05, 3.63) is 66.0 Å². The van der Waals surface area contributed by atoms with Crippen LogP contribution < -0.4 is 5.32 Å². The Hall–Kier alpha value is -3.15. The van der Waals surface area contributed by atoms with E-state index in [9.17, 15) is 9.59 Å². The van der Waals surface area contributed by atoms with Crippen molar-refractivity contribution < 1.29 is 9.59 Å². The molecule has 6 heteroatoms. The van der Waals surface area contributed by atoms with Crippen LogP contribution in [0.3, 0.4) is 0 Å². The van der Waals surface area contributed by atoms with E-state index in [1.807, 2.05) is 54.0 Å². The molecule has 0 spiro atoms. The maximum Gasteiger partial charge on any atom is 0.290 e. The molecule has 166 valence electrons. The van der Waals surface area contributed by atoms with Gasteiger partial charge in [-0.15, -0.1) is 0 Å². The van der Waals surface area contributed by atoms with Gasteiger partial charge in [0.05, 0.1) is 17.6 Å². The van der Waals surface area contributed by atoms with Crippen molar-refractivity contribution in [1.82, 2.24) is 19.8 Å². The number of para-hydroxylation sites is 2. The first-order chi connectivity index (χ1) is 15.6. The highest BCUT2D eigenvalue weighted by Gasteiger charge is 2.48. The molecule has 0 saturated heterocycles. The number of fused-ring (bicyclic) bond motifs is 3. The van der Waals surface area contributed by atoms with Crippen molar-refractivity contribution >= 4 is 22.8 Å². The van der Waals surface area contributed by atoms with Gasteiger partial charge in [-0.25, -0.2) is 4.98 Å². The Morgan fingerprint density at radius 1 is 1.09 bits per heavy atom. The van der Waals surface area contributed by atoms with Crippen LogP contribution in [0.1, 0.15) is 55.2 Å². The predicted octanol–water partition coefficient (Wildman–Crippen LogP) is 3.94. The summed E-state index contributed by atoms with van der Waals surface area (Å²) in [7, 11) is 0. The molecule has 1 fully saturated rings. The van der Waals surface area contributed by atoms with Crippen molar-refractivity contribution in [2.75, 3.05) is 6.54 Å². The average molecular weight is 431 g/mol. The summed E-state index contributed by atoms with van der Waals surface area (Å²) in [6, 6.07) is 18.2. The van der Waals surface area contributed by atoms with E-state index in [1.165, 1.54) is 5.56 Å². The van der Waals surface area contributed by atoms with Crippen LogP contribution >= 0.6 is 0 Å². The molecule has 2 amide bonds. The molecule has 0 unspecified atom stereocenters. The number of nitrogens with one attached hydrogen (secondary N) is 1. The van der Waals surface area contributed by atoms with E-state index in [0.717, 1.165) is 49.6 Å². The molecule has 1 aromatic heterocycles. The van der Waals surface area contributed by atoms with Gasteiger partial charge < -0.3 is 14.8 Å². The minimum Gasteiger partial charge on any atom is -0.351 e. The number of amides is 2. The van der Waals surface area contributed by atoms with Gasteiger partial charge in [-0.2, -0.15) is 0 Å². The lowest BCUT2D eigenvalue weighted by Gasteiger charge is -2.44. The fourth-order valence-electron chi connectivity index (χ4n) is 5.18. The predicted molar refractivity (Wildman–Crippen MR) is 124 cm³/mol. The zero-order valence-electron chi connectivity index (χ0n) is 18.6. The number of nitrogens with zero attached hydrogens (tertiary/aromatic N) is 3. The third-order valence-corrected chi connectivity index (χ3v) is 7.02. The molecule has 32 heavy (non-hydrogen) atoms. The summed E-state index contributed by atoms with van der Waals surface area (Å²) in [5, 5.41) is 3.25. The summed E-state index contributed by atoms with van der Waals surface area (Å²) in [4.78, 5) is 33.6. The number of carbonyl (C=O) groups excluding carboxylic acids is 2. The van der Waals surface area contributed by atoms with Crippen molar-refractivity contribution in [2.24, 2.45) is 0 Å². The van der Waals surface area contributed by atoms with Crippen LogP contribution in [0, 0.1) is 0 Å². The van der Waals surface area contributed by atoms with E-state index in [0.29, 0.717) is 18.9 Å². The SMILES string of the molecule is C[C@@]1(C(=O)NC2CCCC2)Cn2c(nc3ccccc32)C(=O)N1CCCc1ccccc1. The zero-order chi connectivity index (χ0) is 22.1. The Bertz CT molecular complexity index is 1130. The van der Waals surface area contributed by atoms with Gasteiger partial charge in [-0.1, -0.05) is 55.3 Å². The van der Waals surface area contributed by atoms with Gasteiger partial charge in [0.2, 0.25) is 5.91 Å². The van der Waals surface area contributed by atoms with E-state index in [-0.39, 0.29) is 17.9 Å². The Balaban J connectivity index is 1.45. The van der Waals surface area contributed by atoms with Gasteiger partial charge in [-0.3, -0.25) is 9.59 Å². The monoisotopic (exact) mass is 430 g/mol. The third kappa shape index (κ3) is 3.68. The Morgan fingerprint density at radius 2 is 1.81 bits per heavy atom. The van der Waals surface area contributed by atoms with Gasteiger partial charge in [0.15, 0.2) is 5.82 Å². The normalized spacial score (nSPS) is 21.2. The fraction of sp³-hybridized carbons (Fsp3) is 0.423. The van der Waals surface area contributed by atoms with Crippen LogP contribution in [-0.2, 0) is 17.8 Å². The smallest absolute Gasteiger partial charge is 0.290 e. The van der Waals surface area contributed by atoms with Gasteiger partial charge in [0.25, 0.3) is 5.91 Å². The molecule has 1 saturated carbocycles. The second kappa shape index (κ2) is 8.41. The number of aromatic nitrogens is 2. The largest absolute Gasteiger partial charge is 0.351 e. The summed E-state index contributed by atoms with van der Waals surface area (Å²) >= 11 is 0. The molecular formula is C26H30N4O2. The van der Waals surface area contributed by atoms with Crippen molar-refractivity contribution in [3.8, 4) is 0 Å². The minimum atomic E-state index is -0.952. The van der Waals surface area contributed by atoms with Crippen molar-refractivity contribution in [1.29, 1.82) is 0 Å². The Kier molecular flexibility index (Phi) is 5.45. The maximum absolute atomic E-state index is 13.6. The molecule has 1 N–H and O–H groups in total. The van der Waals surface area contributed by atoms with Gasteiger partial charge >= 0.3 is 0 Å². The third-order valence-electron chi connectivity index (χ3n) is 7.02. The lowest BCUT2D eigenvalue weighted by atomic mass is 9.94. The van der Waals surface area contributed by atoms with E-state index in [1.54, 1.807) is 4.90 Å². The van der Waals surface area contributed by atoms with Crippen LogP contribution in [0.2, 0.25) is 0 Å². The highest BCUT2D eigenvalue weighted by Crippen LogP contribution is 2.31. The highest BCUT2D eigenvalue weighted by atomic mass is 16.2. The van der Waals surface area contributed by atoms with E-state index < -0.39 is 5.54 Å². The summed E-state index contributed by atoms with van der Waals surface area (Å²) < 4.78 is 1.93. The highest BCUT2D eigenvalue weighted by molar-refractivity contribution is 6.01. The molecule has 0 bridgehead atoms. The van der Waals surface area contributed by atoms with E-state index >= 15 is 0 Å². The zero-order valence-corrected chi connectivity index (χ0v) is 18.6. The number of carbonyl (C=O) groups is 2. The molecule has 1 atom stereocenters. The molecular weight excluding hydrogens is 400 g/mol. The lowest BCUT2D eigenvalue weighted by Crippen LogP contribution is -2.65. The molecule has 1 aliphatic heterocycles. The van der Waals surface area contributed by atoms with Gasteiger partial charge in [0, 0.05) is 12.6 Å². The molecule has 2 aliphatic rings. The quantitative estimate of drug-likeness (QED) is 0.644. The van der Waals surface area contributed by atoms with Crippen LogP contribution in [0.15, 0.2) is 54.6 Å². The number of benzene rings is 2. The molecule has 3 aromatic rings. The van der Waals surface area contributed by atoms with Crippen LogP contribution in [0.25, 0.3) is 11.0 Å². The number of rotatable bonds is 6. The molecule has 5 rings (SSSR count). The molecule has 6 nitrogen and oxygen atoms in total. The van der Waals surface area contributed by atoms with Crippen LogP contribution in [0.4, 0.5) is 0 Å². The minimum absolute atomic E-state index is 0.0547. The number of hydrogen-bond donors (Lipinski definition) is 1. The number of hydrogen-bond acceptors (Lipinski definition) is 3. The first kappa shape index (κ1) is 20.7. The molecule has 2 aromatic carbocycles. The van der Waals surface area contributed by atoms with E-state index in [4.69, 9.17) is 0 Å². The Morgan fingerprint density at radius 3 is 2.59 bits per heavy atom. The second-order valence-corrected chi connectivity index (χ2v) is 9.28. The maximum atomic E-state index is 13.6. The summed E-state index contributed by atoms with van der Waals surface area (Å²) in [5.74, 6) is 0.211. The van der Waals surface area contributed by atoms with Crippen LogP contribution in [-0.4, -0.2) is 44.4 Å². The first-order valence-electron chi connectivity index (χ1n) is 11.7. The molecule has 0 radical (unpaired) electrons. The molecule has 2 heterocycles. The average Bonchev–Trinajstić information content (AvgIpc) is 3.45.